The van der Waals surface area contributed by atoms with Gasteiger partial charge in [0.05, 0.1) is 0 Å². The fourth-order valence-corrected chi connectivity index (χ4v) is 5.41. The van der Waals surface area contributed by atoms with Crippen LogP contribution in [0, 0.1) is 0 Å². The van der Waals surface area contributed by atoms with Crippen LogP contribution in [0.25, 0.3) is 0 Å². The van der Waals surface area contributed by atoms with Gasteiger partial charge in [-0.2, -0.15) is 0 Å². The molecule has 0 saturated carbocycles. The molecule has 5 N–H and O–H groups in total. The Morgan fingerprint density at radius 3 is 0.579 bits per heavy atom. The van der Waals surface area contributed by atoms with Gasteiger partial charge in [-0.1, -0.05) is 0 Å². The smallest absolute Gasteiger partial charge is 0.221 e. The molecule has 0 aliphatic rings. The first-order valence-electron chi connectivity index (χ1n) is 20.7. The van der Waals surface area contributed by atoms with Crippen LogP contribution in [0.2, 0.25) is 0 Å². The van der Waals surface area contributed by atoms with E-state index >= 15 is 0 Å². The molecule has 0 aliphatic carbocycles. The average Bonchev–Trinajstić information content (AvgIpc) is 3.11. The number of amides is 5. The molecule has 0 aromatic heterocycles. The van der Waals surface area contributed by atoms with Crippen molar-refractivity contribution in [1.82, 2.24) is 65.8 Å². The first kappa shape index (κ1) is 54.0. The van der Waals surface area contributed by atoms with Crippen LogP contribution in [-0.4, -0.2) is 264 Å². The van der Waals surface area contributed by atoms with Crippen molar-refractivity contribution in [2.24, 2.45) is 0 Å². The van der Waals surface area contributed by atoms with Crippen LogP contribution in [0.1, 0.15) is 32.1 Å². The second-order valence-corrected chi connectivity index (χ2v) is 16.0. The monoisotopic (exact) mass is 814 g/mol. The molecule has 0 unspecified atom stereocenters. The summed E-state index contributed by atoms with van der Waals surface area (Å²) in [6.45, 7) is 11.5. The minimum Gasteiger partial charge on any atom is -0.355 e. The molecule has 57 heavy (non-hydrogen) atoms. The van der Waals surface area contributed by atoms with Crippen LogP contribution < -0.4 is 26.6 Å². The molecule has 18 nitrogen and oxygen atoms in total. The quantitative estimate of drug-likeness (QED) is 0.0441. The average molecular weight is 814 g/mol. The third kappa shape index (κ3) is 35.9. The van der Waals surface area contributed by atoms with Gasteiger partial charge in [0.15, 0.2) is 0 Å². The molecule has 0 heterocycles. The van der Waals surface area contributed by atoms with Crippen LogP contribution in [0.3, 0.4) is 0 Å². The van der Waals surface area contributed by atoms with Gasteiger partial charge in [-0.3, -0.25) is 24.0 Å². The Bertz CT molecular complexity index is 967. The van der Waals surface area contributed by atoms with Crippen LogP contribution in [-0.2, 0) is 24.0 Å². The van der Waals surface area contributed by atoms with E-state index in [1.54, 1.807) is 0 Å². The minimum absolute atomic E-state index is 0.0249. The molecule has 0 atom stereocenters. The molecule has 5 amide bonds. The van der Waals surface area contributed by atoms with E-state index in [4.69, 9.17) is 0 Å². The summed E-state index contributed by atoms with van der Waals surface area (Å²) in [4.78, 5) is 80.4. The molecule has 18 heteroatoms. The van der Waals surface area contributed by atoms with E-state index in [9.17, 15) is 24.0 Å². The largest absolute Gasteiger partial charge is 0.355 e. The van der Waals surface area contributed by atoms with E-state index in [2.05, 4.69) is 41.3 Å². The molecule has 0 aliphatic heterocycles. The molecule has 0 spiro atoms. The Hall–Kier alpha value is -2.97. The van der Waals surface area contributed by atoms with Crippen molar-refractivity contribution in [2.45, 2.75) is 32.1 Å². The van der Waals surface area contributed by atoms with Crippen molar-refractivity contribution in [3.8, 4) is 0 Å². The van der Waals surface area contributed by atoms with Gasteiger partial charge in [0.1, 0.15) is 0 Å². The maximum Gasteiger partial charge on any atom is 0.221 e. The van der Waals surface area contributed by atoms with E-state index in [1.807, 2.05) is 95.0 Å². The van der Waals surface area contributed by atoms with Crippen LogP contribution >= 0.6 is 0 Å². The van der Waals surface area contributed by atoms with Crippen molar-refractivity contribution in [3.05, 3.63) is 0 Å². The molecule has 334 valence electrons. The lowest BCUT2D eigenvalue weighted by Gasteiger charge is -2.30. The third-order valence-corrected chi connectivity index (χ3v) is 9.15. The topological polar surface area (TPSA) is 171 Å². The Kier molecular flexibility index (Phi) is 32.2. The van der Waals surface area contributed by atoms with Crippen LogP contribution in [0.4, 0.5) is 0 Å². The van der Waals surface area contributed by atoms with Crippen molar-refractivity contribution >= 4 is 29.5 Å². The lowest BCUT2D eigenvalue weighted by Crippen LogP contribution is -2.44. The molecule has 0 fully saturated rings. The van der Waals surface area contributed by atoms with Crippen molar-refractivity contribution in [1.29, 1.82) is 0 Å². The highest BCUT2D eigenvalue weighted by atomic mass is 16.2. The maximum absolute atomic E-state index is 12.9. The highest BCUT2D eigenvalue weighted by Crippen LogP contribution is 2.03. The maximum atomic E-state index is 12.9. The number of hydrogen-bond acceptors (Lipinski definition) is 13. The van der Waals surface area contributed by atoms with Gasteiger partial charge in [-0.25, -0.2) is 0 Å². The molecule has 0 saturated heterocycles. The molecule has 0 bridgehead atoms. The molecule has 0 aromatic rings. The van der Waals surface area contributed by atoms with E-state index < -0.39 is 0 Å². The molecule has 0 aromatic carbocycles. The van der Waals surface area contributed by atoms with Crippen LogP contribution in [0.5, 0.6) is 0 Å². The van der Waals surface area contributed by atoms with Crippen molar-refractivity contribution < 1.29 is 24.0 Å². The van der Waals surface area contributed by atoms with Crippen LogP contribution in [0.15, 0.2) is 0 Å². The minimum atomic E-state index is -0.0318. The van der Waals surface area contributed by atoms with Gasteiger partial charge in [0.25, 0.3) is 0 Å². The predicted molar refractivity (Wildman–Crippen MR) is 230 cm³/mol. The predicted octanol–water partition coefficient (Wildman–Crippen LogP) is -2.77. The first-order valence-corrected chi connectivity index (χ1v) is 20.7. The summed E-state index contributed by atoms with van der Waals surface area (Å²) < 4.78 is 0. The Balaban J connectivity index is 5.85. The van der Waals surface area contributed by atoms with E-state index in [0.717, 1.165) is 32.7 Å². The summed E-state index contributed by atoms with van der Waals surface area (Å²) in [5, 5.41) is 14.9. The highest BCUT2D eigenvalue weighted by Gasteiger charge is 2.17. The molecular formula is C39H83N13O5. The molecule has 0 radical (unpaired) electrons. The number of carbonyl (C=O) groups excluding carboxylic acids is 5. The second-order valence-electron chi connectivity index (χ2n) is 16.0. The number of hydrogen-bond donors (Lipinski definition) is 5. The summed E-state index contributed by atoms with van der Waals surface area (Å²) in [6, 6.07) is 0. The number of nitrogens with zero attached hydrogens (tertiary/aromatic N) is 8. The van der Waals surface area contributed by atoms with Gasteiger partial charge in [0, 0.05) is 156 Å². The molecule has 0 rings (SSSR count). The van der Waals surface area contributed by atoms with E-state index in [-0.39, 0.29) is 29.5 Å². The Labute approximate surface area is 345 Å². The molecular weight excluding hydrogens is 731 g/mol. The van der Waals surface area contributed by atoms with Crippen molar-refractivity contribution in [2.75, 3.05) is 195 Å². The fraction of sp³-hybridized carbons (Fsp3) is 0.872. The SMILES string of the molecule is CN(C)CCNC(=O)CCN(CCC(=O)NCCN(C)C)CCN(CCC(=O)NCCN(C)C)CCN(CCC(=O)NCCN(C)C)CCC(=O)NCCN(C)C. The van der Waals surface area contributed by atoms with Crippen molar-refractivity contribution in [3.63, 3.8) is 0 Å². The highest BCUT2D eigenvalue weighted by molar-refractivity contribution is 5.77. The van der Waals surface area contributed by atoms with Gasteiger partial charge in [0.2, 0.25) is 29.5 Å². The third-order valence-electron chi connectivity index (χ3n) is 9.15. The first-order chi connectivity index (χ1) is 27.0. The van der Waals surface area contributed by atoms with E-state index in [0.29, 0.717) is 124 Å². The number of carbonyl (C=O) groups is 5. The number of rotatable bonds is 36. The zero-order chi connectivity index (χ0) is 43.0. The van der Waals surface area contributed by atoms with E-state index in [1.165, 1.54) is 0 Å². The number of likely N-dealkylation sites (N-methyl/N-ethyl adjacent to an activating group) is 5. The summed E-state index contributed by atoms with van der Waals surface area (Å²) in [7, 11) is 19.6. The fourth-order valence-electron chi connectivity index (χ4n) is 5.41. The van der Waals surface area contributed by atoms with Gasteiger partial charge < -0.3 is 65.8 Å². The lowest BCUT2D eigenvalue weighted by molar-refractivity contribution is -0.123. The van der Waals surface area contributed by atoms with Gasteiger partial charge in [-0.05, 0) is 70.5 Å². The summed E-state index contributed by atoms with van der Waals surface area (Å²) >= 11 is 0. The zero-order valence-electron chi connectivity index (χ0n) is 37.6. The number of nitrogens with one attached hydrogen (secondary N) is 5. The normalized spacial score (nSPS) is 11.8. The standard InChI is InChI=1S/C39H83N13O5/c1-45(2)26-16-40-35(53)11-21-50(22-12-36(54)41-17-27-46(3)4)31-33-52(25-15-39(57)44-20-30-49(9)10)34-32-51(23-13-37(55)42-18-28-47(5)6)24-14-38(56)43-19-29-48(7)8/h11-34H2,1-10H3,(H,40,53)(H,41,54)(H,42,55)(H,43,56)(H,44,57). The summed E-state index contributed by atoms with van der Waals surface area (Å²) in [5.74, 6) is -0.152. The Morgan fingerprint density at radius 1 is 0.263 bits per heavy atom. The lowest BCUT2D eigenvalue weighted by atomic mass is 10.2. The zero-order valence-corrected chi connectivity index (χ0v) is 37.6. The Morgan fingerprint density at radius 2 is 0.421 bits per heavy atom. The van der Waals surface area contributed by atoms with Gasteiger partial charge >= 0.3 is 0 Å². The summed E-state index contributed by atoms with van der Waals surface area (Å²) in [5.41, 5.74) is 0. The van der Waals surface area contributed by atoms with Gasteiger partial charge in [-0.15, -0.1) is 0 Å². The summed E-state index contributed by atoms with van der Waals surface area (Å²) in [6.07, 6.45) is 1.56. The second kappa shape index (κ2) is 33.9.